The van der Waals surface area contributed by atoms with E-state index >= 15 is 0 Å². The Labute approximate surface area is 94.5 Å². The van der Waals surface area contributed by atoms with Gasteiger partial charge in [0.1, 0.15) is 0 Å². The summed E-state index contributed by atoms with van der Waals surface area (Å²) in [6.45, 7) is 0. The molecule has 0 spiro atoms. The minimum Gasteiger partial charge on any atom is -0.213 e. The number of halogens is 1. The highest BCUT2D eigenvalue weighted by molar-refractivity contribution is 7.88. The van der Waals surface area contributed by atoms with Crippen molar-refractivity contribution in [3.8, 4) is 0 Å². The molecule has 0 bridgehead atoms. The molecule has 0 heterocycles. The minimum atomic E-state index is -3.22. The van der Waals surface area contributed by atoms with Gasteiger partial charge in [-0.25, -0.2) is 13.1 Å². The van der Waals surface area contributed by atoms with Gasteiger partial charge in [-0.2, -0.15) is 0 Å². The van der Waals surface area contributed by atoms with Crippen molar-refractivity contribution in [1.29, 1.82) is 0 Å². The summed E-state index contributed by atoms with van der Waals surface area (Å²) in [5, 5.41) is -0.197. The molecular weight excluding hydrogens is 234 g/mol. The molecule has 15 heavy (non-hydrogen) atoms. The molecule has 1 aliphatic carbocycles. The average Bonchev–Trinajstić information content (AvgIpc) is 2.41. The van der Waals surface area contributed by atoms with Gasteiger partial charge in [0.2, 0.25) is 10.0 Å². The van der Waals surface area contributed by atoms with Crippen LogP contribution in [0.25, 0.3) is 0 Å². The number of nitrogens with one attached hydrogen (secondary N) is 1. The zero-order valence-corrected chi connectivity index (χ0v) is 9.85. The highest BCUT2D eigenvalue weighted by Gasteiger charge is 2.32. The fourth-order valence-electron chi connectivity index (χ4n) is 1.91. The van der Waals surface area contributed by atoms with Crippen LogP contribution in [-0.2, 0) is 16.4 Å². The molecule has 82 valence electrons. The molecule has 0 saturated carbocycles. The highest BCUT2D eigenvalue weighted by Crippen LogP contribution is 2.34. The first-order valence-electron chi connectivity index (χ1n) is 4.66. The molecule has 5 heteroatoms. The van der Waals surface area contributed by atoms with Crippen LogP contribution in [0.15, 0.2) is 24.3 Å². The second-order valence-corrected chi connectivity index (χ2v) is 6.13. The monoisotopic (exact) mass is 245 g/mol. The number of benzene rings is 1. The lowest BCUT2D eigenvalue weighted by Crippen LogP contribution is -2.30. The van der Waals surface area contributed by atoms with Gasteiger partial charge in [0.05, 0.1) is 17.7 Å². The summed E-state index contributed by atoms with van der Waals surface area (Å²) in [6, 6.07) is 7.43. The topological polar surface area (TPSA) is 46.2 Å². The van der Waals surface area contributed by atoms with Gasteiger partial charge in [-0.05, 0) is 17.5 Å². The van der Waals surface area contributed by atoms with Gasteiger partial charge in [-0.1, -0.05) is 24.3 Å². The predicted molar refractivity (Wildman–Crippen MR) is 60.5 cm³/mol. The van der Waals surface area contributed by atoms with Crippen LogP contribution in [0.2, 0.25) is 0 Å². The van der Waals surface area contributed by atoms with Crippen molar-refractivity contribution in [3.05, 3.63) is 35.4 Å². The van der Waals surface area contributed by atoms with Gasteiger partial charge in [-0.15, -0.1) is 11.6 Å². The Hall–Kier alpha value is -0.580. The van der Waals surface area contributed by atoms with E-state index in [0.717, 1.165) is 17.4 Å². The zero-order valence-electron chi connectivity index (χ0n) is 8.27. The molecule has 0 saturated heterocycles. The van der Waals surface area contributed by atoms with Crippen LogP contribution in [-0.4, -0.2) is 20.1 Å². The zero-order chi connectivity index (χ0) is 11.1. The second kappa shape index (κ2) is 3.77. The van der Waals surface area contributed by atoms with E-state index in [1.54, 1.807) is 0 Å². The van der Waals surface area contributed by atoms with Crippen molar-refractivity contribution in [1.82, 2.24) is 4.72 Å². The molecule has 1 N–H and O–H groups in total. The molecule has 1 aliphatic rings. The molecule has 0 radical (unpaired) electrons. The summed E-state index contributed by atoms with van der Waals surface area (Å²) in [7, 11) is -3.22. The van der Waals surface area contributed by atoms with Gasteiger partial charge < -0.3 is 0 Å². The van der Waals surface area contributed by atoms with E-state index in [4.69, 9.17) is 11.6 Å². The van der Waals surface area contributed by atoms with Gasteiger partial charge in [-0.3, -0.25) is 0 Å². The second-order valence-electron chi connectivity index (χ2n) is 3.79. The first kappa shape index (κ1) is 10.9. The summed E-state index contributed by atoms with van der Waals surface area (Å²) < 4.78 is 24.9. The molecule has 1 aromatic carbocycles. The van der Waals surface area contributed by atoms with Crippen LogP contribution in [0.3, 0.4) is 0 Å². The lowest BCUT2D eigenvalue weighted by atomic mass is 10.1. The quantitative estimate of drug-likeness (QED) is 0.802. The van der Waals surface area contributed by atoms with Crippen LogP contribution < -0.4 is 4.72 Å². The van der Waals surface area contributed by atoms with Gasteiger partial charge >= 0.3 is 0 Å². The molecule has 0 aliphatic heterocycles. The maximum atomic E-state index is 11.2. The maximum Gasteiger partial charge on any atom is 0.209 e. The maximum absolute atomic E-state index is 11.2. The number of alkyl halides is 1. The Balaban J connectivity index is 2.34. The van der Waals surface area contributed by atoms with Crippen LogP contribution >= 0.6 is 11.6 Å². The van der Waals surface area contributed by atoms with Gasteiger partial charge in [0, 0.05) is 0 Å². The lowest BCUT2D eigenvalue weighted by Gasteiger charge is -2.15. The van der Waals surface area contributed by atoms with Crippen molar-refractivity contribution in [3.63, 3.8) is 0 Å². The number of sulfonamides is 1. The summed E-state index contributed by atoms with van der Waals surface area (Å²) in [4.78, 5) is 0. The smallest absolute Gasteiger partial charge is 0.209 e. The van der Waals surface area contributed by atoms with Crippen LogP contribution in [0, 0.1) is 0 Å². The Morgan fingerprint density at radius 1 is 1.40 bits per heavy atom. The standard InChI is InChI=1S/C10H12ClNO2S/c1-15(13,14)12-10-8-5-3-2-4-7(8)6-9(10)11/h2-5,9-10,12H,6H2,1H3/t9-,10-/m0/s1. The Morgan fingerprint density at radius 2 is 2.07 bits per heavy atom. The SMILES string of the molecule is CS(=O)(=O)N[C@H]1c2ccccc2C[C@@H]1Cl. The Kier molecular flexibility index (Phi) is 2.75. The van der Waals surface area contributed by atoms with Crippen molar-refractivity contribution < 1.29 is 8.42 Å². The van der Waals surface area contributed by atoms with E-state index < -0.39 is 10.0 Å². The van der Waals surface area contributed by atoms with E-state index in [0.29, 0.717) is 6.42 Å². The number of fused-ring (bicyclic) bond motifs is 1. The molecule has 0 aromatic heterocycles. The fraction of sp³-hybridized carbons (Fsp3) is 0.400. The fourth-order valence-corrected chi connectivity index (χ4v) is 3.11. The third-order valence-electron chi connectivity index (χ3n) is 2.51. The van der Waals surface area contributed by atoms with Crippen LogP contribution in [0.4, 0.5) is 0 Å². The Morgan fingerprint density at radius 3 is 2.73 bits per heavy atom. The van der Waals surface area contributed by atoms with E-state index in [1.165, 1.54) is 0 Å². The first-order valence-corrected chi connectivity index (χ1v) is 6.99. The minimum absolute atomic E-state index is 0.197. The van der Waals surface area contributed by atoms with E-state index in [9.17, 15) is 8.42 Å². The summed E-state index contributed by atoms with van der Waals surface area (Å²) in [5.41, 5.74) is 2.11. The highest BCUT2D eigenvalue weighted by atomic mass is 35.5. The first-order chi connectivity index (χ1) is 6.97. The van der Waals surface area contributed by atoms with E-state index in [-0.39, 0.29) is 11.4 Å². The third-order valence-corrected chi connectivity index (χ3v) is 3.60. The lowest BCUT2D eigenvalue weighted by molar-refractivity contribution is 0.562. The molecule has 0 amide bonds. The van der Waals surface area contributed by atoms with Gasteiger partial charge in [0.15, 0.2) is 0 Å². The van der Waals surface area contributed by atoms with Crippen molar-refractivity contribution in [2.45, 2.75) is 17.8 Å². The summed E-state index contributed by atoms with van der Waals surface area (Å²) >= 11 is 6.12. The molecule has 0 unspecified atom stereocenters. The van der Waals surface area contributed by atoms with Crippen LogP contribution in [0.1, 0.15) is 17.2 Å². The van der Waals surface area contributed by atoms with E-state index in [1.807, 2.05) is 24.3 Å². The van der Waals surface area contributed by atoms with Gasteiger partial charge in [0.25, 0.3) is 0 Å². The molecular formula is C10H12ClNO2S. The molecule has 0 fully saturated rings. The molecule has 2 atom stereocenters. The third kappa shape index (κ3) is 2.33. The van der Waals surface area contributed by atoms with Crippen LogP contribution in [0.5, 0.6) is 0 Å². The average molecular weight is 246 g/mol. The normalized spacial score (nSPS) is 25.2. The number of hydrogen-bond donors (Lipinski definition) is 1. The molecule has 1 aromatic rings. The van der Waals surface area contributed by atoms with Crippen molar-refractivity contribution >= 4 is 21.6 Å². The summed E-state index contributed by atoms with van der Waals surface area (Å²) in [5.74, 6) is 0. The van der Waals surface area contributed by atoms with Crippen molar-refractivity contribution in [2.75, 3.05) is 6.26 Å². The summed E-state index contributed by atoms with van der Waals surface area (Å²) in [6.07, 6.45) is 1.86. The number of hydrogen-bond acceptors (Lipinski definition) is 2. The predicted octanol–water partition coefficient (Wildman–Crippen LogP) is 1.44. The number of rotatable bonds is 2. The largest absolute Gasteiger partial charge is 0.213 e. The van der Waals surface area contributed by atoms with E-state index in [2.05, 4.69) is 4.72 Å². The van der Waals surface area contributed by atoms with Crippen molar-refractivity contribution in [2.24, 2.45) is 0 Å². The Bertz CT molecular complexity index is 472. The molecule has 2 rings (SSSR count). The molecule has 3 nitrogen and oxygen atoms in total.